The van der Waals surface area contributed by atoms with E-state index in [0.29, 0.717) is 0 Å². The number of hydrogen-bond acceptors (Lipinski definition) is 0. The molecule has 2 fully saturated rings. The molecule has 0 N–H and O–H groups in total. The lowest BCUT2D eigenvalue weighted by atomic mass is 9.76. The molecule has 0 amide bonds. The monoisotopic (exact) mass is 136 g/mol. The molecular formula is C10H16. The topological polar surface area (TPSA) is 0 Å². The standard InChI is InChI=1S/C10H16/c1-3-4-7(2)9-5-8-6-10(8)9/h3-4,7-10H,5-6H2,1-2H3. The van der Waals surface area contributed by atoms with Gasteiger partial charge in [-0.3, -0.25) is 0 Å². The summed E-state index contributed by atoms with van der Waals surface area (Å²) in [5.74, 6) is 4.22. The SMILES string of the molecule is CC=CC(C)C1CC2CC21. The van der Waals surface area contributed by atoms with Crippen LogP contribution in [0.5, 0.6) is 0 Å². The Kier molecular flexibility index (Phi) is 1.36. The van der Waals surface area contributed by atoms with Crippen LogP contribution in [0.15, 0.2) is 12.2 Å². The molecule has 56 valence electrons. The highest BCUT2D eigenvalue weighted by molar-refractivity contribution is 5.07. The Bertz CT molecular complexity index is 157. The van der Waals surface area contributed by atoms with Crippen molar-refractivity contribution in [3.63, 3.8) is 0 Å². The Labute approximate surface area is 63.3 Å². The van der Waals surface area contributed by atoms with Gasteiger partial charge in [0.05, 0.1) is 0 Å². The van der Waals surface area contributed by atoms with Gasteiger partial charge in [-0.1, -0.05) is 19.1 Å². The molecule has 0 heteroatoms. The third-order valence-electron chi connectivity index (χ3n) is 3.27. The van der Waals surface area contributed by atoms with Crippen LogP contribution in [-0.4, -0.2) is 0 Å². The molecule has 2 saturated carbocycles. The average Bonchev–Trinajstić information content (AvgIpc) is 2.42. The van der Waals surface area contributed by atoms with Crippen molar-refractivity contribution in [2.45, 2.75) is 26.7 Å². The van der Waals surface area contributed by atoms with Crippen molar-refractivity contribution in [1.82, 2.24) is 0 Å². The van der Waals surface area contributed by atoms with E-state index < -0.39 is 0 Å². The minimum atomic E-state index is 0.855. The molecule has 0 nitrogen and oxygen atoms in total. The van der Waals surface area contributed by atoms with Crippen LogP contribution in [-0.2, 0) is 0 Å². The minimum absolute atomic E-state index is 0.855. The number of rotatable bonds is 2. The van der Waals surface area contributed by atoms with Crippen molar-refractivity contribution >= 4 is 0 Å². The second-order valence-corrected chi connectivity index (χ2v) is 3.94. The fraction of sp³-hybridized carbons (Fsp3) is 0.800. The average molecular weight is 136 g/mol. The van der Waals surface area contributed by atoms with E-state index in [0.717, 1.165) is 23.7 Å². The first-order chi connectivity index (χ1) is 4.83. The summed E-state index contributed by atoms with van der Waals surface area (Å²) in [6.07, 6.45) is 7.63. The summed E-state index contributed by atoms with van der Waals surface area (Å²) < 4.78 is 0. The molecule has 0 aromatic rings. The molecule has 0 spiro atoms. The van der Waals surface area contributed by atoms with E-state index in [1.807, 2.05) is 0 Å². The van der Waals surface area contributed by atoms with E-state index in [-0.39, 0.29) is 0 Å². The lowest BCUT2D eigenvalue weighted by Crippen LogP contribution is -2.21. The zero-order valence-electron chi connectivity index (χ0n) is 6.88. The predicted octanol–water partition coefficient (Wildman–Crippen LogP) is 2.85. The van der Waals surface area contributed by atoms with Crippen LogP contribution < -0.4 is 0 Å². The van der Waals surface area contributed by atoms with Crippen LogP contribution in [0.2, 0.25) is 0 Å². The van der Waals surface area contributed by atoms with Crippen molar-refractivity contribution in [2.24, 2.45) is 23.7 Å². The Balaban J connectivity index is 1.87. The summed E-state index contributed by atoms with van der Waals surface area (Å²) in [5, 5.41) is 0. The van der Waals surface area contributed by atoms with E-state index >= 15 is 0 Å². The molecule has 2 aliphatic carbocycles. The highest BCUT2D eigenvalue weighted by atomic mass is 14.6. The summed E-state index contributed by atoms with van der Waals surface area (Å²) in [7, 11) is 0. The van der Waals surface area contributed by atoms with Gasteiger partial charge in [-0.25, -0.2) is 0 Å². The largest absolute Gasteiger partial charge is 0.0914 e. The van der Waals surface area contributed by atoms with Crippen molar-refractivity contribution in [3.05, 3.63) is 12.2 Å². The molecule has 0 aliphatic heterocycles. The van der Waals surface area contributed by atoms with Gasteiger partial charge in [-0.05, 0) is 43.4 Å². The van der Waals surface area contributed by atoms with Crippen LogP contribution in [0.4, 0.5) is 0 Å². The van der Waals surface area contributed by atoms with Crippen molar-refractivity contribution in [2.75, 3.05) is 0 Å². The zero-order chi connectivity index (χ0) is 7.14. The van der Waals surface area contributed by atoms with Crippen molar-refractivity contribution < 1.29 is 0 Å². The van der Waals surface area contributed by atoms with Crippen molar-refractivity contribution in [3.8, 4) is 0 Å². The van der Waals surface area contributed by atoms with Crippen molar-refractivity contribution in [1.29, 1.82) is 0 Å². The Morgan fingerprint density at radius 3 is 2.60 bits per heavy atom. The Hall–Kier alpha value is -0.260. The molecular weight excluding hydrogens is 120 g/mol. The van der Waals surface area contributed by atoms with Gasteiger partial charge in [0.15, 0.2) is 0 Å². The first-order valence-electron chi connectivity index (χ1n) is 4.45. The maximum Gasteiger partial charge on any atom is -0.0231 e. The van der Waals surface area contributed by atoms with Gasteiger partial charge in [0, 0.05) is 0 Å². The van der Waals surface area contributed by atoms with Crippen LogP contribution in [0.3, 0.4) is 0 Å². The second-order valence-electron chi connectivity index (χ2n) is 3.94. The highest BCUT2D eigenvalue weighted by Gasteiger charge is 2.54. The fourth-order valence-electron chi connectivity index (χ4n) is 2.45. The quantitative estimate of drug-likeness (QED) is 0.512. The van der Waals surface area contributed by atoms with E-state index in [4.69, 9.17) is 0 Å². The molecule has 4 unspecified atom stereocenters. The maximum absolute atomic E-state index is 2.36. The van der Waals surface area contributed by atoms with Gasteiger partial charge < -0.3 is 0 Å². The van der Waals surface area contributed by atoms with E-state index in [9.17, 15) is 0 Å². The number of fused-ring (bicyclic) bond motifs is 1. The van der Waals surface area contributed by atoms with Gasteiger partial charge in [-0.2, -0.15) is 0 Å². The molecule has 10 heavy (non-hydrogen) atoms. The molecule has 0 aromatic heterocycles. The third-order valence-corrected chi connectivity index (χ3v) is 3.27. The molecule has 2 aliphatic rings. The highest BCUT2D eigenvalue weighted by Crippen LogP contribution is 2.62. The summed E-state index contributed by atoms with van der Waals surface area (Å²) in [4.78, 5) is 0. The van der Waals surface area contributed by atoms with Gasteiger partial charge >= 0.3 is 0 Å². The molecule has 4 atom stereocenters. The summed E-state index contributed by atoms with van der Waals surface area (Å²) in [6, 6.07) is 0. The zero-order valence-corrected chi connectivity index (χ0v) is 6.88. The van der Waals surface area contributed by atoms with Gasteiger partial charge in [0.1, 0.15) is 0 Å². The lowest BCUT2D eigenvalue weighted by molar-refractivity contribution is 0.231. The smallest absolute Gasteiger partial charge is 0.0231 e. The molecule has 0 aromatic carbocycles. The normalized spacial score (nSPS) is 46.4. The first kappa shape index (κ1) is 6.45. The van der Waals surface area contributed by atoms with Crippen LogP contribution >= 0.6 is 0 Å². The lowest BCUT2D eigenvalue weighted by Gasteiger charge is -2.28. The fourth-order valence-corrected chi connectivity index (χ4v) is 2.45. The molecule has 0 saturated heterocycles. The summed E-state index contributed by atoms with van der Waals surface area (Å²) in [6.45, 7) is 4.48. The van der Waals surface area contributed by atoms with Gasteiger partial charge in [-0.15, -0.1) is 0 Å². The number of hydrogen-bond donors (Lipinski definition) is 0. The molecule has 0 bridgehead atoms. The van der Waals surface area contributed by atoms with E-state index in [1.165, 1.54) is 6.42 Å². The van der Waals surface area contributed by atoms with E-state index in [1.54, 1.807) is 6.42 Å². The summed E-state index contributed by atoms with van der Waals surface area (Å²) in [5.41, 5.74) is 0. The molecule has 0 radical (unpaired) electrons. The second kappa shape index (κ2) is 2.11. The Morgan fingerprint density at radius 2 is 2.20 bits per heavy atom. The van der Waals surface area contributed by atoms with E-state index in [2.05, 4.69) is 26.0 Å². The van der Waals surface area contributed by atoms with Gasteiger partial charge in [0.2, 0.25) is 0 Å². The molecule has 0 heterocycles. The minimum Gasteiger partial charge on any atom is -0.0914 e. The number of allylic oxidation sites excluding steroid dienone is 2. The first-order valence-corrected chi connectivity index (χ1v) is 4.45. The van der Waals surface area contributed by atoms with Crippen LogP contribution in [0.1, 0.15) is 26.7 Å². The molecule has 2 rings (SSSR count). The predicted molar refractivity (Wildman–Crippen MR) is 43.7 cm³/mol. The third kappa shape index (κ3) is 0.817. The maximum atomic E-state index is 2.36. The van der Waals surface area contributed by atoms with Crippen LogP contribution in [0, 0.1) is 23.7 Å². The Morgan fingerprint density at radius 1 is 1.40 bits per heavy atom. The summed E-state index contributed by atoms with van der Waals surface area (Å²) >= 11 is 0. The van der Waals surface area contributed by atoms with Crippen LogP contribution in [0.25, 0.3) is 0 Å². The van der Waals surface area contributed by atoms with Gasteiger partial charge in [0.25, 0.3) is 0 Å².